The Morgan fingerprint density at radius 2 is 2.32 bits per heavy atom. The fraction of sp³-hybridized carbons (Fsp3) is 0.462. The van der Waals surface area contributed by atoms with Crippen molar-refractivity contribution in [1.29, 1.82) is 0 Å². The zero-order valence-electron chi connectivity index (χ0n) is 10.4. The lowest BCUT2D eigenvalue weighted by Gasteiger charge is -2.27. The van der Waals surface area contributed by atoms with Gasteiger partial charge in [-0.15, -0.1) is 23.4 Å². The molecule has 3 nitrogen and oxygen atoms in total. The highest BCUT2D eigenvalue weighted by molar-refractivity contribution is 8.00. The second-order valence-electron chi connectivity index (χ2n) is 4.53. The van der Waals surface area contributed by atoms with Crippen LogP contribution in [0.2, 0.25) is 0 Å². The molecule has 19 heavy (non-hydrogen) atoms. The molecule has 2 atom stereocenters. The molecule has 1 aromatic carbocycles. The van der Waals surface area contributed by atoms with Crippen molar-refractivity contribution in [3.8, 4) is 0 Å². The molecule has 0 bridgehead atoms. The Hall–Kier alpha value is -0.620. The maximum Gasteiger partial charge on any atom is 0.151 e. The van der Waals surface area contributed by atoms with Gasteiger partial charge in [0.15, 0.2) is 6.29 Å². The third-order valence-electron chi connectivity index (χ3n) is 3.19. The molecule has 1 aliphatic rings. The lowest BCUT2D eigenvalue weighted by Crippen LogP contribution is -2.45. The maximum absolute atomic E-state index is 13.7. The molecule has 0 amide bonds. The van der Waals surface area contributed by atoms with Crippen LogP contribution in [0.3, 0.4) is 0 Å². The zero-order chi connectivity index (χ0) is 13.8. The summed E-state index contributed by atoms with van der Waals surface area (Å²) in [7, 11) is 0. The summed E-state index contributed by atoms with van der Waals surface area (Å²) < 4.78 is 13.7. The number of nitrogens with two attached hydrogens (primary N) is 1. The third kappa shape index (κ3) is 3.48. The van der Waals surface area contributed by atoms with Crippen LogP contribution in [0.15, 0.2) is 17.0 Å². The average Bonchev–Trinajstić information content (AvgIpc) is 2.42. The van der Waals surface area contributed by atoms with Gasteiger partial charge in [0.2, 0.25) is 0 Å². The molecular formula is C13H16ClFN2OS. The lowest BCUT2D eigenvalue weighted by atomic mass is 10.1. The predicted octanol–water partition coefficient (Wildman–Crippen LogP) is 2.51. The second-order valence-corrected chi connectivity index (χ2v) is 6.11. The van der Waals surface area contributed by atoms with Crippen LogP contribution in [0.25, 0.3) is 0 Å². The minimum atomic E-state index is -0.358. The molecule has 1 fully saturated rings. The van der Waals surface area contributed by atoms with E-state index < -0.39 is 0 Å². The number of nitrogens with one attached hydrogen (secondary N) is 1. The van der Waals surface area contributed by atoms with Crippen LogP contribution in [0, 0.1) is 5.82 Å². The Morgan fingerprint density at radius 3 is 2.89 bits per heavy atom. The highest BCUT2D eigenvalue weighted by Crippen LogP contribution is 2.34. The molecule has 6 heteroatoms. The number of benzene rings is 1. The van der Waals surface area contributed by atoms with E-state index in [0.29, 0.717) is 16.0 Å². The van der Waals surface area contributed by atoms with Crippen LogP contribution in [0.5, 0.6) is 0 Å². The summed E-state index contributed by atoms with van der Waals surface area (Å²) >= 11 is 7.31. The number of aldehydes is 1. The largest absolute Gasteiger partial charge is 0.316 e. The SMILES string of the molecule is NC1CCC(Sc2c(C=O)ccc(F)c2CCl)CN1. The third-order valence-corrected chi connectivity index (χ3v) is 4.91. The minimum absolute atomic E-state index is 0.0300. The number of piperidine rings is 1. The Bertz CT molecular complexity index is 464. The fourth-order valence-corrected chi connectivity index (χ4v) is 3.77. The van der Waals surface area contributed by atoms with Gasteiger partial charge >= 0.3 is 0 Å². The van der Waals surface area contributed by atoms with Crippen molar-refractivity contribution in [3.05, 3.63) is 29.1 Å². The first-order valence-corrected chi connectivity index (χ1v) is 7.55. The van der Waals surface area contributed by atoms with Crippen LogP contribution >= 0.6 is 23.4 Å². The molecule has 2 rings (SSSR count). The molecule has 0 aromatic heterocycles. The molecule has 0 aliphatic carbocycles. The molecule has 1 aromatic rings. The van der Waals surface area contributed by atoms with Gasteiger partial charge in [0, 0.05) is 27.8 Å². The number of hydrogen-bond acceptors (Lipinski definition) is 4. The van der Waals surface area contributed by atoms with Gasteiger partial charge in [-0.3, -0.25) is 4.79 Å². The van der Waals surface area contributed by atoms with Crippen LogP contribution in [0.4, 0.5) is 4.39 Å². The quantitative estimate of drug-likeness (QED) is 0.663. The van der Waals surface area contributed by atoms with Crippen LogP contribution in [-0.4, -0.2) is 24.2 Å². The molecule has 2 unspecified atom stereocenters. The van der Waals surface area contributed by atoms with Gasteiger partial charge < -0.3 is 11.1 Å². The number of hydrogen-bond donors (Lipinski definition) is 2. The molecule has 104 valence electrons. The van der Waals surface area contributed by atoms with E-state index in [2.05, 4.69) is 5.32 Å². The highest BCUT2D eigenvalue weighted by Gasteiger charge is 2.22. The van der Waals surface area contributed by atoms with Crippen LogP contribution < -0.4 is 11.1 Å². The molecule has 3 N–H and O–H groups in total. The molecule has 0 radical (unpaired) electrons. The monoisotopic (exact) mass is 302 g/mol. The molecule has 0 saturated carbocycles. The summed E-state index contributed by atoms with van der Waals surface area (Å²) in [6, 6.07) is 2.79. The first kappa shape index (κ1) is 14.8. The lowest BCUT2D eigenvalue weighted by molar-refractivity contribution is 0.112. The van der Waals surface area contributed by atoms with Crippen molar-refractivity contribution < 1.29 is 9.18 Å². The molecule has 1 saturated heterocycles. The Morgan fingerprint density at radius 1 is 1.53 bits per heavy atom. The van der Waals surface area contributed by atoms with E-state index in [1.165, 1.54) is 23.9 Å². The average molecular weight is 303 g/mol. The number of thioether (sulfide) groups is 1. The van der Waals surface area contributed by atoms with Crippen LogP contribution in [-0.2, 0) is 5.88 Å². The molecule has 1 aliphatic heterocycles. The summed E-state index contributed by atoms with van der Waals surface area (Å²) in [6.45, 7) is 0.752. The number of alkyl halides is 1. The number of halogens is 2. The first-order chi connectivity index (χ1) is 9.15. The predicted molar refractivity (Wildman–Crippen MR) is 76.2 cm³/mol. The Balaban J connectivity index is 2.22. The topological polar surface area (TPSA) is 55.1 Å². The fourth-order valence-electron chi connectivity index (χ4n) is 2.10. The second kappa shape index (κ2) is 6.70. The number of rotatable bonds is 4. The summed E-state index contributed by atoms with van der Waals surface area (Å²) in [5.74, 6) is -0.293. The van der Waals surface area contributed by atoms with Crippen molar-refractivity contribution in [2.24, 2.45) is 5.73 Å². The molecule has 0 spiro atoms. The Kier molecular flexibility index (Phi) is 5.21. The van der Waals surface area contributed by atoms with E-state index in [0.717, 1.165) is 25.7 Å². The Labute approximate surface area is 121 Å². The van der Waals surface area contributed by atoms with E-state index in [4.69, 9.17) is 17.3 Å². The van der Waals surface area contributed by atoms with E-state index in [9.17, 15) is 9.18 Å². The van der Waals surface area contributed by atoms with Gasteiger partial charge in [0.05, 0.1) is 12.0 Å². The first-order valence-electron chi connectivity index (χ1n) is 6.13. The van der Waals surface area contributed by atoms with Crippen molar-refractivity contribution >= 4 is 29.6 Å². The van der Waals surface area contributed by atoms with Gasteiger partial charge in [0.25, 0.3) is 0 Å². The van der Waals surface area contributed by atoms with Crippen molar-refractivity contribution in [2.45, 2.75) is 35.0 Å². The molecule has 1 heterocycles. The van der Waals surface area contributed by atoms with E-state index in [1.54, 1.807) is 0 Å². The number of carbonyl (C=O) groups is 1. The van der Waals surface area contributed by atoms with E-state index >= 15 is 0 Å². The van der Waals surface area contributed by atoms with Gasteiger partial charge in [-0.1, -0.05) is 0 Å². The molecular weight excluding hydrogens is 287 g/mol. The summed E-state index contributed by atoms with van der Waals surface area (Å²) in [4.78, 5) is 11.7. The normalized spacial score (nSPS) is 23.3. The van der Waals surface area contributed by atoms with Crippen molar-refractivity contribution in [3.63, 3.8) is 0 Å². The van der Waals surface area contributed by atoms with Crippen LogP contribution in [0.1, 0.15) is 28.8 Å². The van der Waals surface area contributed by atoms with Gasteiger partial charge in [-0.05, 0) is 25.0 Å². The standard InChI is InChI=1S/C13H16ClFN2OS/c14-5-10-11(15)3-1-8(7-18)13(10)19-9-2-4-12(16)17-6-9/h1,3,7,9,12,17H,2,4-6,16H2. The van der Waals surface area contributed by atoms with Crippen molar-refractivity contribution in [2.75, 3.05) is 6.54 Å². The van der Waals surface area contributed by atoms with Gasteiger partial charge in [0.1, 0.15) is 5.82 Å². The maximum atomic E-state index is 13.7. The summed E-state index contributed by atoms with van der Waals surface area (Å²) in [5, 5.41) is 3.46. The summed E-state index contributed by atoms with van der Waals surface area (Å²) in [5.41, 5.74) is 6.67. The van der Waals surface area contributed by atoms with E-state index in [1.807, 2.05) is 0 Å². The number of carbonyl (C=O) groups excluding carboxylic acids is 1. The highest BCUT2D eigenvalue weighted by atomic mass is 35.5. The van der Waals surface area contributed by atoms with Crippen molar-refractivity contribution in [1.82, 2.24) is 5.32 Å². The van der Waals surface area contributed by atoms with E-state index in [-0.39, 0.29) is 23.1 Å². The van der Waals surface area contributed by atoms with Gasteiger partial charge in [-0.2, -0.15) is 0 Å². The smallest absolute Gasteiger partial charge is 0.151 e. The zero-order valence-corrected chi connectivity index (χ0v) is 11.9. The summed E-state index contributed by atoms with van der Waals surface area (Å²) in [6.07, 6.45) is 2.59. The van der Waals surface area contributed by atoms with Gasteiger partial charge in [-0.25, -0.2) is 4.39 Å². The minimum Gasteiger partial charge on any atom is -0.316 e.